The van der Waals surface area contributed by atoms with Crippen LogP contribution in [0.15, 0.2) is 107 Å². The smallest absolute Gasteiger partial charge is 0.460 e. The molecule has 0 N–H and O–H groups in total. The summed E-state index contributed by atoms with van der Waals surface area (Å²) in [5.74, 6) is -43.7. The number of rotatable bonds is 29. The van der Waals surface area contributed by atoms with Crippen molar-refractivity contribution in [2.24, 2.45) is 0 Å². The maximum atomic E-state index is 13.8. The van der Waals surface area contributed by atoms with Gasteiger partial charge in [-0.1, -0.05) is 38.5 Å². The number of alkyl halides is 18. The van der Waals surface area contributed by atoms with Crippen molar-refractivity contribution in [2.45, 2.75) is 122 Å². The highest BCUT2D eigenvalue weighted by atomic mass is 32.2. The van der Waals surface area contributed by atoms with Gasteiger partial charge >= 0.3 is 71.8 Å². The molecule has 0 fully saturated rings. The third kappa shape index (κ3) is 16.9. The monoisotopic (exact) mass is 1180 g/mol. The predicted molar refractivity (Wildman–Crippen MR) is 246 cm³/mol. The number of carbonyl (C=O) groups is 4. The molecular weight excluding hydrogens is 1130 g/mol. The standard InChI is InChI=1S/C50H44F18O8S2/c51-43(52,45(55,56)47(59,60)49(63,64)65)25-29-77-37-21-13-33(14-22-37)41(71)75-35-17-9-31(10-18-35)39(69)73-27-7-5-3-1-2-4-6-8-28-74-40(70)32-11-19-36(20-12-32)76-42(72)34-15-23-38(24-16-34)78-30-26-44(53,54)46(57,58)48(61,62)50(66,67)68/h9-24H,1-8,25-30H2. The molecule has 0 radical (unpaired) electrons. The third-order valence-corrected chi connectivity index (χ3v) is 13.1. The van der Waals surface area contributed by atoms with Gasteiger partial charge in [-0.25, -0.2) is 19.2 Å². The van der Waals surface area contributed by atoms with Crippen LogP contribution in [0.2, 0.25) is 0 Å². The molecule has 430 valence electrons. The van der Waals surface area contributed by atoms with Gasteiger partial charge in [-0.05, 0) is 110 Å². The highest BCUT2D eigenvalue weighted by Crippen LogP contribution is 2.55. The summed E-state index contributed by atoms with van der Waals surface area (Å²) in [5, 5.41) is 0. The number of unbranched alkanes of at least 4 members (excludes halogenated alkanes) is 7. The molecule has 0 spiro atoms. The zero-order valence-corrected chi connectivity index (χ0v) is 41.7. The van der Waals surface area contributed by atoms with Gasteiger partial charge in [0.25, 0.3) is 0 Å². The summed E-state index contributed by atoms with van der Waals surface area (Å²) in [6, 6.07) is 20.0. The van der Waals surface area contributed by atoms with E-state index in [1.54, 1.807) is 0 Å². The normalized spacial score (nSPS) is 13.0. The van der Waals surface area contributed by atoms with Crippen LogP contribution in [-0.2, 0) is 9.47 Å². The molecule has 0 aliphatic carbocycles. The molecule has 28 heteroatoms. The summed E-state index contributed by atoms with van der Waals surface area (Å²) in [6.07, 6.45) is -11.6. The number of hydrogen-bond donors (Lipinski definition) is 0. The van der Waals surface area contributed by atoms with Crippen molar-refractivity contribution in [1.82, 2.24) is 0 Å². The number of esters is 4. The Morgan fingerprint density at radius 1 is 0.333 bits per heavy atom. The van der Waals surface area contributed by atoms with Gasteiger partial charge < -0.3 is 18.9 Å². The van der Waals surface area contributed by atoms with Gasteiger partial charge in [0.2, 0.25) is 0 Å². The van der Waals surface area contributed by atoms with E-state index in [1.165, 1.54) is 72.8 Å². The van der Waals surface area contributed by atoms with Crippen LogP contribution in [0.1, 0.15) is 106 Å². The van der Waals surface area contributed by atoms with Crippen LogP contribution >= 0.6 is 23.5 Å². The molecule has 78 heavy (non-hydrogen) atoms. The molecule has 0 aliphatic heterocycles. The Morgan fingerprint density at radius 3 is 0.872 bits per heavy atom. The van der Waals surface area contributed by atoms with E-state index in [2.05, 4.69) is 0 Å². The summed E-state index contributed by atoms with van der Waals surface area (Å²) < 4.78 is 256. The predicted octanol–water partition coefficient (Wildman–Crippen LogP) is 16.2. The van der Waals surface area contributed by atoms with Crippen LogP contribution in [0.4, 0.5) is 79.0 Å². The molecular formula is C50H44F18O8S2. The third-order valence-electron chi connectivity index (χ3n) is 11.1. The first-order valence-electron chi connectivity index (χ1n) is 23.0. The molecule has 0 unspecified atom stereocenters. The van der Waals surface area contributed by atoms with Gasteiger partial charge in [0.15, 0.2) is 0 Å². The number of halogens is 18. The Bertz CT molecular complexity index is 2410. The molecule has 0 saturated heterocycles. The largest absolute Gasteiger partial charge is 0.462 e. The minimum absolute atomic E-state index is 0.0214. The SMILES string of the molecule is O=C(OCCCCCCCCCCOC(=O)c1ccc(OC(=O)c2ccc(SCCC(F)(F)C(F)(F)C(F)(F)C(F)(F)F)cc2)cc1)c1ccc(OC(=O)c2ccc(SCCC(F)(F)C(F)(F)C(F)(F)C(F)(F)F)cc2)cc1. The van der Waals surface area contributed by atoms with Crippen molar-refractivity contribution in [2.75, 3.05) is 24.7 Å². The minimum Gasteiger partial charge on any atom is -0.462 e. The summed E-state index contributed by atoms with van der Waals surface area (Å²) in [5.41, 5.74) is 0.187. The van der Waals surface area contributed by atoms with E-state index in [1.807, 2.05) is 0 Å². The van der Waals surface area contributed by atoms with Crippen molar-refractivity contribution in [1.29, 1.82) is 0 Å². The fraction of sp³-hybridized carbons (Fsp3) is 0.440. The van der Waals surface area contributed by atoms with Crippen LogP contribution in [-0.4, -0.2) is 96.5 Å². The lowest BCUT2D eigenvalue weighted by Crippen LogP contribution is -2.60. The number of carbonyl (C=O) groups excluding carboxylic acids is 4. The van der Waals surface area contributed by atoms with Crippen molar-refractivity contribution in [3.63, 3.8) is 0 Å². The highest BCUT2D eigenvalue weighted by Gasteiger charge is 2.82. The van der Waals surface area contributed by atoms with E-state index < -0.39 is 96.1 Å². The molecule has 8 nitrogen and oxygen atoms in total. The second kappa shape index (κ2) is 26.9. The fourth-order valence-corrected chi connectivity index (χ4v) is 8.35. The molecule has 0 heterocycles. The Morgan fingerprint density at radius 2 is 0.590 bits per heavy atom. The van der Waals surface area contributed by atoms with Crippen molar-refractivity contribution >= 4 is 47.4 Å². The first kappa shape index (κ1) is 64.7. The maximum absolute atomic E-state index is 13.8. The van der Waals surface area contributed by atoms with Crippen LogP contribution in [0.3, 0.4) is 0 Å². The van der Waals surface area contributed by atoms with Gasteiger partial charge in [0.1, 0.15) is 11.5 Å². The lowest BCUT2D eigenvalue weighted by Gasteiger charge is -2.33. The average Bonchev–Trinajstić information content (AvgIpc) is 3.36. The van der Waals surface area contributed by atoms with E-state index in [0.29, 0.717) is 36.4 Å². The fourth-order valence-electron chi connectivity index (χ4n) is 6.51. The summed E-state index contributed by atoms with van der Waals surface area (Å²) >= 11 is 0.881. The van der Waals surface area contributed by atoms with Crippen LogP contribution in [0.25, 0.3) is 0 Å². The molecule has 4 rings (SSSR count). The quantitative estimate of drug-likeness (QED) is 0.0172. The topological polar surface area (TPSA) is 105 Å². The number of hydrogen-bond acceptors (Lipinski definition) is 10. The Kier molecular flexibility index (Phi) is 22.3. The summed E-state index contributed by atoms with van der Waals surface area (Å²) in [6.45, 7) is 0.276. The van der Waals surface area contributed by atoms with Gasteiger partial charge in [-0.15, -0.1) is 23.5 Å². The van der Waals surface area contributed by atoms with Gasteiger partial charge in [0.05, 0.1) is 35.5 Å². The number of benzene rings is 4. The average molecular weight is 1180 g/mol. The Balaban J connectivity index is 1.03. The Labute approximate surface area is 440 Å². The second-order valence-electron chi connectivity index (χ2n) is 16.9. The first-order valence-corrected chi connectivity index (χ1v) is 25.0. The van der Waals surface area contributed by atoms with E-state index in [-0.39, 0.29) is 56.8 Å². The van der Waals surface area contributed by atoms with Crippen molar-refractivity contribution in [3.05, 3.63) is 119 Å². The van der Waals surface area contributed by atoms with Crippen molar-refractivity contribution in [3.8, 4) is 11.5 Å². The molecule has 0 atom stereocenters. The lowest BCUT2D eigenvalue weighted by atomic mass is 10.0. The number of ether oxygens (including phenoxy) is 4. The van der Waals surface area contributed by atoms with Gasteiger partial charge in [-0.2, -0.15) is 79.0 Å². The minimum atomic E-state index is -6.97. The summed E-state index contributed by atoms with van der Waals surface area (Å²) in [4.78, 5) is 50.3. The first-order chi connectivity index (χ1) is 36.1. The zero-order chi connectivity index (χ0) is 58.4. The molecule has 0 saturated carbocycles. The van der Waals surface area contributed by atoms with Crippen LogP contribution < -0.4 is 9.47 Å². The molecule has 0 aromatic heterocycles. The second-order valence-corrected chi connectivity index (χ2v) is 19.2. The highest BCUT2D eigenvalue weighted by molar-refractivity contribution is 7.99. The maximum Gasteiger partial charge on any atom is 0.460 e. The lowest BCUT2D eigenvalue weighted by molar-refractivity contribution is -0.396. The van der Waals surface area contributed by atoms with Crippen LogP contribution in [0.5, 0.6) is 11.5 Å². The Hall–Kier alpha value is -5.80. The zero-order valence-electron chi connectivity index (χ0n) is 40.0. The van der Waals surface area contributed by atoms with E-state index >= 15 is 0 Å². The molecule has 4 aromatic rings. The van der Waals surface area contributed by atoms with E-state index in [0.717, 1.165) is 62.8 Å². The van der Waals surface area contributed by atoms with E-state index in [4.69, 9.17) is 18.9 Å². The molecule has 0 bridgehead atoms. The summed E-state index contributed by atoms with van der Waals surface area (Å²) in [7, 11) is 0. The molecule has 0 amide bonds. The van der Waals surface area contributed by atoms with Crippen LogP contribution in [0, 0.1) is 0 Å². The van der Waals surface area contributed by atoms with Crippen molar-refractivity contribution < 1.29 is 117 Å². The van der Waals surface area contributed by atoms with Gasteiger partial charge in [0, 0.05) is 34.1 Å². The van der Waals surface area contributed by atoms with Gasteiger partial charge in [-0.3, -0.25) is 0 Å². The molecule has 4 aromatic carbocycles. The van der Waals surface area contributed by atoms with E-state index in [9.17, 15) is 98.2 Å². The molecule has 0 aliphatic rings. The number of thioether (sulfide) groups is 2.